The molecule has 2 unspecified atom stereocenters. The smallest absolute Gasteiger partial charge is 0.0462 e. The van der Waals surface area contributed by atoms with E-state index in [4.69, 9.17) is 0 Å². The van der Waals surface area contributed by atoms with Crippen LogP contribution in [0.4, 0.5) is 0 Å². The van der Waals surface area contributed by atoms with Gasteiger partial charge in [0.15, 0.2) is 0 Å². The van der Waals surface area contributed by atoms with Crippen LogP contribution in [-0.2, 0) is 0 Å². The van der Waals surface area contributed by atoms with E-state index in [0.29, 0.717) is 29.8 Å². The Hall–Kier alpha value is -1.02. The predicted octanol–water partition coefficient (Wildman–Crippen LogP) is 3.98. The topological polar surface area (TPSA) is 15.0 Å². The summed E-state index contributed by atoms with van der Waals surface area (Å²) < 4.78 is 0. The quantitative estimate of drug-likeness (QED) is 0.622. The van der Waals surface area contributed by atoms with Gasteiger partial charge in [0.2, 0.25) is 0 Å². The summed E-state index contributed by atoms with van der Waals surface area (Å²) >= 11 is 0. The van der Waals surface area contributed by atoms with Gasteiger partial charge >= 0.3 is 0 Å². The van der Waals surface area contributed by atoms with Crippen LogP contribution in [0.25, 0.3) is 0 Å². The molecule has 1 saturated heterocycles. The largest absolute Gasteiger partial charge is 0.381 e. The molecule has 0 aliphatic carbocycles. The van der Waals surface area contributed by atoms with Crippen LogP contribution >= 0.6 is 0 Å². The molecule has 2 aliphatic rings. The van der Waals surface area contributed by atoms with Gasteiger partial charge in [-0.25, -0.2) is 0 Å². The average Bonchev–Trinajstić information content (AvgIpc) is 3.17. The van der Waals surface area contributed by atoms with Crippen LogP contribution in [-0.4, -0.2) is 30.1 Å². The van der Waals surface area contributed by atoms with Crippen LogP contribution in [0.3, 0.4) is 0 Å². The summed E-state index contributed by atoms with van der Waals surface area (Å²) in [6.07, 6.45) is 8.05. The summed E-state index contributed by atoms with van der Waals surface area (Å²) in [6, 6.07) is 1.02. The summed E-state index contributed by atoms with van der Waals surface area (Å²) in [7, 11) is 0. The van der Waals surface area contributed by atoms with Gasteiger partial charge in [0.1, 0.15) is 0 Å². The van der Waals surface area contributed by atoms with Crippen molar-refractivity contribution in [3.05, 3.63) is 36.1 Å². The lowest BCUT2D eigenvalue weighted by atomic mass is 9.88. The molecule has 0 aromatic heterocycles. The number of hydrogen-bond donors (Lipinski definition) is 1. The zero-order chi connectivity index (χ0) is 15.6. The number of allylic oxidation sites excluding steroid dienone is 2. The van der Waals surface area contributed by atoms with Crippen LogP contribution in [0.2, 0.25) is 0 Å². The van der Waals surface area contributed by atoms with Gasteiger partial charge in [-0.3, -0.25) is 4.90 Å². The second-order valence-electron chi connectivity index (χ2n) is 7.33. The maximum atomic E-state index is 3.99. The molecule has 0 spiro atoms. The molecule has 2 heterocycles. The fraction of sp³-hybridized carbons (Fsp3) is 0.684. The molecule has 118 valence electrons. The predicted molar refractivity (Wildman–Crippen MR) is 92.1 cm³/mol. The molecule has 1 N–H and O–H groups in total. The number of fused-ring (bicyclic) bond motifs is 1. The van der Waals surface area contributed by atoms with E-state index in [1.165, 1.54) is 24.2 Å². The van der Waals surface area contributed by atoms with Gasteiger partial charge in [0, 0.05) is 30.9 Å². The Kier molecular flexibility index (Phi) is 5.32. The number of rotatable bonds is 4. The highest BCUT2D eigenvalue weighted by Gasteiger charge is 2.33. The van der Waals surface area contributed by atoms with Crippen LogP contribution < -0.4 is 5.32 Å². The SMILES string of the molecule is C=CC(N/C1=C(\C)C[C@@H](C)[C@H](C)/C=C\[C@H]2CN2C1)C(C)C. The maximum Gasteiger partial charge on any atom is 0.0462 e. The lowest BCUT2D eigenvalue weighted by Crippen LogP contribution is -2.35. The van der Waals surface area contributed by atoms with Crippen molar-refractivity contribution in [2.24, 2.45) is 17.8 Å². The number of nitrogens with zero attached hydrogens (tertiary/aromatic N) is 1. The van der Waals surface area contributed by atoms with Crippen molar-refractivity contribution in [3.63, 3.8) is 0 Å². The van der Waals surface area contributed by atoms with Crippen LogP contribution in [0, 0.1) is 17.8 Å². The molecule has 0 bridgehead atoms. The van der Waals surface area contributed by atoms with E-state index < -0.39 is 0 Å². The van der Waals surface area contributed by atoms with Crippen LogP contribution in [0.15, 0.2) is 36.1 Å². The fourth-order valence-corrected chi connectivity index (χ4v) is 3.05. The number of nitrogens with one attached hydrogen (secondary N) is 1. The third-order valence-corrected chi connectivity index (χ3v) is 5.11. The highest BCUT2D eigenvalue weighted by atomic mass is 15.3. The molecule has 21 heavy (non-hydrogen) atoms. The molecule has 2 heteroatoms. The first-order chi connectivity index (χ1) is 9.92. The monoisotopic (exact) mass is 288 g/mol. The van der Waals surface area contributed by atoms with Crippen molar-refractivity contribution in [1.82, 2.24) is 10.2 Å². The van der Waals surface area contributed by atoms with Crippen molar-refractivity contribution in [3.8, 4) is 0 Å². The molecule has 0 saturated carbocycles. The summed E-state index contributed by atoms with van der Waals surface area (Å²) in [5.74, 6) is 1.92. The average molecular weight is 288 g/mol. The fourth-order valence-electron chi connectivity index (χ4n) is 3.05. The highest BCUT2D eigenvalue weighted by Crippen LogP contribution is 2.29. The molecule has 0 radical (unpaired) electrons. The van der Waals surface area contributed by atoms with E-state index in [1.54, 1.807) is 0 Å². The zero-order valence-electron chi connectivity index (χ0n) is 14.4. The van der Waals surface area contributed by atoms with Crippen LogP contribution in [0.5, 0.6) is 0 Å². The van der Waals surface area contributed by atoms with E-state index >= 15 is 0 Å². The molecule has 5 atom stereocenters. The van der Waals surface area contributed by atoms with Gasteiger partial charge in [-0.1, -0.05) is 51.5 Å². The maximum absolute atomic E-state index is 3.99. The Labute approximate surface area is 131 Å². The van der Waals surface area contributed by atoms with E-state index in [1.807, 2.05) is 0 Å². The Morgan fingerprint density at radius 3 is 2.67 bits per heavy atom. The Morgan fingerprint density at radius 2 is 2.05 bits per heavy atom. The standard InChI is InChI=1S/C19H32N2/c1-7-18(13(2)3)20-19-12-21-11-17(21)9-8-14(4)15(5)10-16(19)6/h7-9,13-15,17-18,20H,1,10-12H2,2-6H3/b9-8-,19-16+/t14-,15-,17+,18?,21?/m1/s1. The van der Waals surface area contributed by atoms with Gasteiger partial charge in [-0.15, -0.1) is 6.58 Å². The van der Waals surface area contributed by atoms with Crippen molar-refractivity contribution in [2.45, 2.75) is 53.1 Å². The van der Waals surface area contributed by atoms with E-state index in [9.17, 15) is 0 Å². The second kappa shape index (κ2) is 6.83. The molecule has 0 aromatic carbocycles. The molecule has 1 fully saturated rings. The van der Waals surface area contributed by atoms with Crippen molar-refractivity contribution >= 4 is 0 Å². The Balaban J connectivity index is 2.17. The molecule has 2 rings (SSSR count). The summed E-state index contributed by atoms with van der Waals surface area (Å²) in [5, 5.41) is 3.76. The van der Waals surface area contributed by atoms with Gasteiger partial charge < -0.3 is 5.32 Å². The van der Waals surface area contributed by atoms with Crippen LogP contribution in [0.1, 0.15) is 41.0 Å². The lowest BCUT2D eigenvalue weighted by Gasteiger charge is -2.26. The van der Waals surface area contributed by atoms with Crippen molar-refractivity contribution in [2.75, 3.05) is 13.1 Å². The first kappa shape index (κ1) is 16.4. The van der Waals surface area contributed by atoms with Gasteiger partial charge in [-0.05, 0) is 31.1 Å². The lowest BCUT2D eigenvalue weighted by molar-refractivity contribution is 0.432. The van der Waals surface area contributed by atoms with Crippen molar-refractivity contribution < 1.29 is 0 Å². The molecule has 0 aromatic rings. The summed E-state index contributed by atoms with van der Waals surface area (Å²) in [5.41, 5.74) is 2.94. The van der Waals surface area contributed by atoms with Gasteiger partial charge in [-0.2, -0.15) is 0 Å². The molecule has 0 amide bonds. The Bertz CT molecular complexity index is 433. The van der Waals surface area contributed by atoms with E-state index in [2.05, 4.69) is 69.6 Å². The second-order valence-corrected chi connectivity index (χ2v) is 7.33. The molecule has 2 nitrogen and oxygen atoms in total. The van der Waals surface area contributed by atoms with E-state index in [-0.39, 0.29) is 0 Å². The number of hydrogen-bond acceptors (Lipinski definition) is 2. The van der Waals surface area contributed by atoms with Gasteiger partial charge in [0.05, 0.1) is 0 Å². The third kappa shape index (κ3) is 4.23. The molecule has 2 aliphatic heterocycles. The first-order valence-corrected chi connectivity index (χ1v) is 8.42. The normalized spacial score (nSPS) is 39.3. The third-order valence-electron chi connectivity index (χ3n) is 5.11. The van der Waals surface area contributed by atoms with Gasteiger partial charge in [0.25, 0.3) is 0 Å². The first-order valence-electron chi connectivity index (χ1n) is 8.42. The van der Waals surface area contributed by atoms with E-state index in [0.717, 1.165) is 6.54 Å². The molecular formula is C19H32N2. The minimum absolute atomic E-state index is 0.361. The summed E-state index contributed by atoms with van der Waals surface area (Å²) in [4.78, 5) is 2.53. The minimum Gasteiger partial charge on any atom is -0.381 e. The minimum atomic E-state index is 0.361. The molecular weight excluding hydrogens is 256 g/mol. The summed E-state index contributed by atoms with van der Waals surface area (Å²) in [6.45, 7) is 17.8. The van der Waals surface area contributed by atoms with Crippen molar-refractivity contribution in [1.29, 1.82) is 0 Å². The zero-order valence-corrected chi connectivity index (χ0v) is 14.4. The highest BCUT2D eigenvalue weighted by molar-refractivity contribution is 5.20. The Morgan fingerprint density at radius 1 is 1.33 bits per heavy atom.